The fraction of sp³-hybridized carbons (Fsp3) is 0.429. The Morgan fingerprint density at radius 3 is 3.00 bits per heavy atom. The van der Waals surface area contributed by atoms with E-state index in [0.717, 1.165) is 4.80 Å². The van der Waals surface area contributed by atoms with Gasteiger partial charge in [0.05, 0.1) is 0 Å². The lowest BCUT2D eigenvalue weighted by molar-refractivity contribution is -0.117. The van der Waals surface area contributed by atoms with E-state index in [-0.39, 0.29) is 5.91 Å². The Kier molecular flexibility index (Phi) is 2.59. The predicted molar refractivity (Wildman–Crippen MR) is 44.2 cm³/mol. The van der Waals surface area contributed by atoms with Gasteiger partial charge in [0.25, 0.3) is 0 Å². The number of rotatable bonds is 1. The Labute approximate surface area is 69.0 Å². The quantitative estimate of drug-likeness (QED) is 0.617. The highest BCUT2D eigenvalue weighted by atomic mass is 32.1. The third kappa shape index (κ3) is 2.01. The SMILES string of the molecule is CCC(=O)N=c1sccn1C. The van der Waals surface area contributed by atoms with Crippen LogP contribution in [0.15, 0.2) is 16.6 Å². The maximum atomic E-state index is 10.9. The zero-order chi connectivity index (χ0) is 8.27. The summed E-state index contributed by atoms with van der Waals surface area (Å²) in [7, 11) is 1.87. The van der Waals surface area contributed by atoms with Crippen molar-refractivity contribution in [1.29, 1.82) is 0 Å². The summed E-state index contributed by atoms with van der Waals surface area (Å²) >= 11 is 1.47. The summed E-state index contributed by atoms with van der Waals surface area (Å²) in [6.45, 7) is 1.80. The first-order chi connectivity index (χ1) is 5.24. The van der Waals surface area contributed by atoms with E-state index in [1.54, 1.807) is 6.92 Å². The van der Waals surface area contributed by atoms with E-state index in [2.05, 4.69) is 4.99 Å². The molecule has 1 rings (SSSR count). The molecule has 0 aliphatic carbocycles. The molecule has 0 aliphatic heterocycles. The van der Waals surface area contributed by atoms with Crippen molar-refractivity contribution in [2.24, 2.45) is 12.0 Å². The number of carbonyl (C=O) groups is 1. The molecule has 0 fully saturated rings. The maximum absolute atomic E-state index is 10.9. The van der Waals surface area contributed by atoms with Gasteiger partial charge in [-0.15, -0.1) is 11.3 Å². The maximum Gasteiger partial charge on any atom is 0.248 e. The average Bonchev–Trinajstić information content (AvgIpc) is 2.37. The van der Waals surface area contributed by atoms with Gasteiger partial charge >= 0.3 is 0 Å². The zero-order valence-electron chi connectivity index (χ0n) is 6.57. The smallest absolute Gasteiger partial charge is 0.248 e. The van der Waals surface area contributed by atoms with Crippen molar-refractivity contribution in [3.8, 4) is 0 Å². The van der Waals surface area contributed by atoms with E-state index in [4.69, 9.17) is 0 Å². The highest BCUT2D eigenvalue weighted by Gasteiger charge is 1.93. The minimum Gasteiger partial charge on any atom is -0.327 e. The van der Waals surface area contributed by atoms with Gasteiger partial charge in [0.15, 0.2) is 4.80 Å². The number of aromatic nitrogens is 1. The second-order valence-corrected chi connectivity index (χ2v) is 3.03. The Hall–Kier alpha value is -0.900. The lowest BCUT2D eigenvalue weighted by Crippen LogP contribution is -2.11. The van der Waals surface area contributed by atoms with E-state index in [1.165, 1.54) is 11.3 Å². The Morgan fingerprint density at radius 1 is 1.82 bits per heavy atom. The van der Waals surface area contributed by atoms with Gasteiger partial charge in [0.1, 0.15) is 0 Å². The monoisotopic (exact) mass is 170 g/mol. The molecule has 0 aliphatic rings. The summed E-state index contributed by atoms with van der Waals surface area (Å²) in [5, 5.41) is 1.90. The number of hydrogen-bond donors (Lipinski definition) is 0. The van der Waals surface area contributed by atoms with Crippen LogP contribution in [0.5, 0.6) is 0 Å². The Balaban J connectivity index is 3.00. The molecule has 1 amide bonds. The van der Waals surface area contributed by atoms with E-state index in [0.29, 0.717) is 6.42 Å². The van der Waals surface area contributed by atoms with Gasteiger partial charge < -0.3 is 4.57 Å². The van der Waals surface area contributed by atoms with Crippen molar-refractivity contribution in [2.75, 3.05) is 0 Å². The average molecular weight is 170 g/mol. The summed E-state index contributed by atoms with van der Waals surface area (Å²) in [5.41, 5.74) is 0. The molecule has 1 aromatic rings. The fourth-order valence-electron chi connectivity index (χ4n) is 0.620. The highest BCUT2D eigenvalue weighted by Crippen LogP contribution is 1.87. The molecule has 1 aromatic heterocycles. The van der Waals surface area contributed by atoms with Gasteiger partial charge in [-0.3, -0.25) is 4.79 Å². The largest absolute Gasteiger partial charge is 0.327 e. The molecule has 0 saturated heterocycles. The first kappa shape index (κ1) is 8.20. The molecule has 0 radical (unpaired) electrons. The molecule has 0 unspecified atom stereocenters. The Bertz CT molecular complexity index is 310. The number of hydrogen-bond acceptors (Lipinski definition) is 2. The second kappa shape index (κ2) is 3.48. The summed E-state index contributed by atoms with van der Waals surface area (Å²) < 4.78 is 1.83. The summed E-state index contributed by atoms with van der Waals surface area (Å²) in [5.74, 6) is -0.0666. The minimum absolute atomic E-state index is 0.0666. The van der Waals surface area contributed by atoms with Crippen molar-refractivity contribution >= 4 is 17.2 Å². The van der Waals surface area contributed by atoms with Crippen LogP contribution < -0.4 is 4.80 Å². The first-order valence-electron chi connectivity index (χ1n) is 3.41. The van der Waals surface area contributed by atoms with Crippen LogP contribution in [0.3, 0.4) is 0 Å². The second-order valence-electron chi connectivity index (χ2n) is 2.16. The van der Waals surface area contributed by atoms with Crippen molar-refractivity contribution in [3.63, 3.8) is 0 Å². The van der Waals surface area contributed by atoms with Crippen molar-refractivity contribution < 1.29 is 4.79 Å². The van der Waals surface area contributed by atoms with Crippen LogP contribution in [-0.2, 0) is 11.8 Å². The van der Waals surface area contributed by atoms with Crippen LogP contribution in [0.1, 0.15) is 13.3 Å². The van der Waals surface area contributed by atoms with Crippen LogP contribution in [0.2, 0.25) is 0 Å². The molecule has 4 heteroatoms. The summed E-state index contributed by atoms with van der Waals surface area (Å²) in [4.78, 5) is 15.5. The molecule has 0 N–H and O–H groups in total. The molecule has 1 heterocycles. The number of carbonyl (C=O) groups excluding carboxylic acids is 1. The number of nitrogens with zero attached hydrogens (tertiary/aromatic N) is 2. The predicted octanol–water partition coefficient (Wildman–Crippen LogP) is 0.924. The number of thiazole rings is 1. The van der Waals surface area contributed by atoms with Crippen LogP contribution >= 0.6 is 11.3 Å². The molecule has 0 atom stereocenters. The number of aryl methyl sites for hydroxylation is 1. The van der Waals surface area contributed by atoms with Gasteiger partial charge in [-0.1, -0.05) is 6.92 Å². The zero-order valence-corrected chi connectivity index (χ0v) is 7.39. The highest BCUT2D eigenvalue weighted by molar-refractivity contribution is 7.07. The minimum atomic E-state index is -0.0666. The van der Waals surface area contributed by atoms with Crippen LogP contribution in [-0.4, -0.2) is 10.5 Å². The third-order valence-electron chi connectivity index (χ3n) is 1.28. The fourth-order valence-corrected chi connectivity index (χ4v) is 1.37. The standard InChI is InChI=1S/C7H10N2OS/c1-3-6(10)8-7-9(2)4-5-11-7/h4-5H,3H2,1-2H3. The summed E-state index contributed by atoms with van der Waals surface area (Å²) in [6.07, 6.45) is 2.35. The summed E-state index contributed by atoms with van der Waals surface area (Å²) in [6, 6.07) is 0. The van der Waals surface area contributed by atoms with E-state index in [9.17, 15) is 4.79 Å². The molecular formula is C7H10N2OS. The van der Waals surface area contributed by atoms with Crippen LogP contribution in [0, 0.1) is 0 Å². The lowest BCUT2D eigenvalue weighted by Gasteiger charge is -1.87. The lowest BCUT2D eigenvalue weighted by atomic mass is 10.5. The molecule has 0 aromatic carbocycles. The van der Waals surface area contributed by atoms with Crippen molar-refractivity contribution in [1.82, 2.24) is 4.57 Å². The van der Waals surface area contributed by atoms with E-state index in [1.807, 2.05) is 23.2 Å². The first-order valence-corrected chi connectivity index (χ1v) is 4.29. The van der Waals surface area contributed by atoms with Crippen molar-refractivity contribution in [3.05, 3.63) is 16.4 Å². The van der Waals surface area contributed by atoms with Gasteiger partial charge in [0, 0.05) is 25.0 Å². The van der Waals surface area contributed by atoms with E-state index < -0.39 is 0 Å². The van der Waals surface area contributed by atoms with Gasteiger partial charge in [-0.25, -0.2) is 0 Å². The number of amides is 1. The van der Waals surface area contributed by atoms with Crippen LogP contribution in [0.4, 0.5) is 0 Å². The van der Waals surface area contributed by atoms with Gasteiger partial charge in [0.2, 0.25) is 5.91 Å². The van der Waals surface area contributed by atoms with Gasteiger partial charge in [-0.2, -0.15) is 4.99 Å². The van der Waals surface area contributed by atoms with Crippen LogP contribution in [0.25, 0.3) is 0 Å². The molecule has 0 bridgehead atoms. The molecular weight excluding hydrogens is 160 g/mol. The Morgan fingerprint density at radius 2 is 2.55 bits per heavy atom. The molecule has 0 saturated carbocycles. The molecule has 60 valence electrons. The normalized spacial score (nSPS) is 12.0. The van der Waals surface area contributed by atoms with Crippen molar-refractivity contribution in [2.45, 2.75) is 13.3 Å². The molecule has 3 nitrogen and oxygen atoms in total. The molecule has 11 heavy (non-hydrogen) atoms. The van der Waals surface area contributed by atoms with E-state index >= 15 is 0 Å². The molecule has 0 spiro atoms. The third-order valence-corrected chi connectivity index (χ3v) is 2.13. The topological polar surface area (TPSA) is 34.4 Å². The van der Waals surface area contributed by atoms with Gasteiger partial charge in [-0.05, 0) is 0 Å².